The van der Waals surface area contributed by atoms with Gasteiger partial charge in [-0.2, -0.15) is 0 Å². The summed E-state index contributed by atoms with van der Waals surface area (Å²) in [5.74, 6) is -0.527. The van der Waals surface area contributed by atoms with E-state index in [0.29, 0.717) is 0 Å². The molecule has 32 heavy (non-hydrogen) atoms. The van der Waals surface area contributed by atoms with E-state index in [-0.39, 0.29) is 17.7 Å². The first kappa shape index (κ1) is 21.5. The third-order valence-corrected chi connectivity index (χ3v) is 5.54. The van der Waals surface area contributed by atoms with Crippen LogP contribution in [0.15, 0.2) is 58.4 Å². The van der Waals surface area contributed by atoms with E-state index in [1.54, 1.807) is 18.5 Å². The van der Waals surface area contributed by atoms with Crippen molar-refractivity contribution in [1.29, 1.82) is 0 Å². The summed E-state index contributed by atoms with van der Waals surface area (Å²) in [6.45, 7) is 1.92. The van der Waals surface area contributed by atoms with Crippen molar-refractivity contribution in [3.05, 3.63) is 75.2 Å². The van der Waals surface area contributed by atoms with Crippen LogP contribution in [0.1, 0.15) is 18.6 Å². The van der Waals surface area contributed by atoms with Crippen molar-refractivity contribution in [3.63, 3.8) is 0 Å². The van der Waals surface area contributed by atoms with E-state index in [1.807, 2.05) is 42.5 Å². The van der Waals surface area contributed by atoms with Gasteiger partial charge in [-0.1, -0.05) is 42.5 Å². The standard InChI is InChI=1S/C23H24N4O5/c1-14(12-27-13-24-20-18(27)21(28)26(3)23(30)25(20)2)32-22(29)19(31-4)17-11-7-9-15-8-5-6-10-16(15)17/h5-11,13-14,19H,12H2,1-4H3. The van der Waals surface area contributed by atoms with Crippen LogP contribution in [-0.4, -0.2) is 37.9 Å². The fourth-order valence-electron chi connectivity index (χ4n) is 3.94. The second kappa shape index (κ2) is 8.43. The number of fused-ring (bicyclic) bond motifs is 2. The Morgan fingerprint density at radius 1 is 1.06 bits per heavy atom. The molecule has 0 N–H and O–H groups in total. The number of hydrogen-bond donors (Lipinski definition) is 0. The van der Waals surface area contributed by atoms with E-state index in [0.717, 1.165) is 20.9 Å². The molecule has 0 saturated heterocycles. The zero-order valence-corrected chi connectivity index (χ0v) is 18.3. The largest absolute Gasteiger partial charge is 0.459 e. The van der Waals surface area contributed by atoms with Crippen LogP contribution in [0.4, 0.5) is 0 Å². The van der Waals surface area contributed by atoms with Crippen molar-refractivity contribution in [2.24, 2.45) is 14.1 Å². The topological polar surface area (TPSA) is 97.3 Å². The summed E-state index contributed by atoms with van der Waals surface area (Å²) in [4.78, 5) is 41.9. The van der Waals surface area contributed by atoms with Gasteiger partial charge in [-0.25, -0.2) is 14.6 Å². The van der Waals surface area contributed by atoms with Crippen LogP contribution in [-0.2, 0) is 34.9 Å². The van der Waals surface area contributed by atoms with Crippen LogP contribution in [0.25, 0.3) is 21.9 Å². The number of benzene rings is 2. The van der Waals surface area contributed by atoms with Crippen molar-refractivity contribution >= 4 is 27.9 Å². The molecule has 0 bridgehead atoms. The number of ether oxygens (including phenoxy) is 2. The first-order valence-corrected chi connectivity index (χ1v) is 10.1. The molecule has 0 aliphatic carbocycles. The lowest BCUT2D eigenvalue weighted by molar-refractivity contribution is -0.161. The van der Waals surface area contributed by atoms with Gasteiger partial charge in [0.05, 0.1) is 12.9 Å². The molecule has 9 heteroatoms. The molecule has 9 nitrogen and oxygen atoms in total. The highest BCUT2D eigenvalue weighted by molar-refractivity contribution is 5.90. The number of imidazole rings is 1. The second-order valence-electron chi connectivity index (χ2n) is 7.71. The molecular weight excluding hydrogens is 412 g/mol. The lowest BCUT2D eigenvalue weighted by atomic mass is 10.0. The Bertz CT molecular complexity index is 1430. The molecule has 4 aromatic rings. The lowest BCUT2D eigenvalue weighted by Gasteiger charge is -2.20. The minimum Gasteiger partial charge on any atom is -0.459 e. The summed E-state index contributed by atoms with van der Waals surface area (Å²) in [6.07, 6.45) is 0.000172. The van der Waals surface area contributed by atoms with Gasteiger partial charge in [0.25, 0.3) is 5.56 Å². The van der Waals surface area contributed by atoms with Crippen LogP contribution < -0.4 is 11.2 Å². The number of nitrogens with zero attached hydrogens (tertiary/aromatic N) is 4. The molecule has 166 valence electrons. The number of aromatic nitrogens is 4. The predicted molar refractivity (Wildman–Crippen MR) is 119 cm³/mol. The van der Waals surface area contributed by atoms with Gasteiger partial charge in [0.2, 0.25) is 0 Å². The lowest BCUT2D eigenvalue weighted by Crippen LogP contribution is -2.38. The third-order valence-electron chi connectivity index (χ3n) is 5.54. The van der Waals surface area contributed by atoms with Crippen molar-refractivity contribution in [2.45, 2.75) is 25.7 Å². The summed E-state index contributed by atoms with van der Waals surface area (Å²) in [5.41, 5.74) is 0.367. The molecular formula is C23H24N4O5. The maximum Gasteiger partial charge on any atom is 0.340 e. The molecule has 2 unspecified atom stereocenters. The van der Waals surface area contributed by atoms with Gasteiger partial charge in [0.15, 0.2) is 17.3 Å². The number of rotatable bonds is 6. The fraction of sp³-hybridized carbons (Fsp3) is 0.304. The zero-order chi connectivity index (χ0) is 23.0. The Morgan fingerprint density at radius 2 is 1.78 bits per heavy atom. The number of carbonyl (C=O) groups excluding carboxylic acids is 1. The molecule has 2 heterocycles. The summed E-state index contributed by atoms with van der Waals surface area (Å²) in [5, 5.41) is 1.91. The Balaban J connectivity index is 1.59. The van der Waals surface area contributed by atoms with E-state index < -0.39 is 29.4 Å². The summed E-state index contributed by atoms with van der Waals surface area (Å²) in [6, 6.07) is 13.4. The summed E-state index contributed by atoms with van der Waals surface area (Å²) >= 11 is 0. The van der Waals surface area contributed by atoms with E-state index in [4.69, 9.17) is 9.47 Å². The molecule has 2 aromatic heterocycles. The van der Waals surface area contributed by atoms with Gasteiger partial charge in [0, 0.05) is 21.2 Å². The van der Waals surface area contributed by atoms with Gasteiger partial charge < -0.3 is 14.0 Å². The number of esters is 1. The molecule has 2 aromatic carbocycles. The highest BCUT2D eigenvalue weighted by atomic mass is 16.6. The van der Waals surface area contributed by atoms with Crippen LogP contribution >= 0.6 is 0 Å². The molecule has 0 aliphatic heterocycles. The zero-order valence-electron chi connectivity index (χ0n) is 18.3. The Kier molecular flexibility index (Phi) is 5.67. The number of aryl methyl sites for hydroxylation is 1. The fourth-order valence-corrected chi connectivity index (χ4v) is 3.94. The molecule has 0 radical (unpaired) electrons. The SMILES string of the molecule is COC(C(=O)OC(C)Cn1cnc2c1c(=O)n(C)c(=O)n2C)c1cccc2ccccc12. The van der Waals surface area contributed by atoms with Crippen LogP contribution in [0.5, 0.6) is 0 Å². The first-order valence-electron chi connectivity index (χ1n) is 10.1. The Morgan fingerprint density at radius 3 is 2.53 bits per heavy atom. The quantitative estimate of drug-likeness (QED) is 0.428. The second-order valence-corrected chi connectivity index (χ2v) is 7.71. The van der Waals surface area contributed by atoms with E-state index >= 15 is 0 Å². The Labute approximate surface area is 183 Å². The highest BCUT2D eigenvalue weighted by Gasteiger charge is 2.26. The van der Waals surface area contributed by atoms with Crippen LogP contribution in [0.3, 0.4) is 0 Å². The minimum atomic E-state index is -0.892. The number of hydrogen-bond acceptors (Lipinski definition) is 6. The molecule has 0 aliphatic rings. The average molecular weight is 436 g/mol. The smallest absolute Gasteiger partial charge is 0.340 e. The predicted octanol–water partition coefficient (Wildman–Crippen LogP) is 1.91. The normalized spacial score (nSPS) is 13.4. The van der Waals surface area contributed by atoms with E-state index in [9.17, 15) is 14.4 Å². The van der Waals surface area contributed by atoms with E-state index in [1.165, 1.54) is 25.1 Å². The van der Waals surface area contributed by atoms with Gasteiger partial charge >= 0.3 is 11.7 Å². The van der Waals surface area contributed by atoms with E-state index in [2.05, 4.69) is 4.98 Å². The van der Waals surface area contributed by atoms with Crippen LogP contribution in [0.2, 0.25) is 0 Å². The maximum absolute atomic E-state index is 13.0. The molecule has 2 atom stereocenters. The first-order chi connectivity index (χ1) is 15.3. The average Bonchev–Trinajstić information content (AvgIpc) is 3.20. The molecule has 0 amide bonds. The van der Waals surface area contributed by atoms with Gasteiger partial charge in [-0.3, -0.25) is 13.9 Å². The minimum absolute atomic E-state index is 0.196. The number of carbonyl (C=O) groups is 1. The molecule has 0 saturated carbocycles. The van der Waals surface area contributed by atoms with Crippen LogP contribution in [0, 0.1) is 0 Å². The molecule has 0 spiro atoms. The molecule has 0 fully saturated rings. The Hall–Kier alpha value is -3.72. The third kappa shape index (κ3) is 3.60. The van der Waals surface area contributed by atoms with Crippen molar-refractivity contribution in [3.8, 4) is 0 Å². The van der Waals surface area contributed by atoms with Gasteiger partial charge in [0.1, 0.15) is 6.10 Å². The maximum atomic E-state index is 13.0. The van der Waals surface area contributed by atoms with Gasteiger partial charge in [-0.15, -0.1) is 0 Å². The van der Waals surface area contributed by atoms with Crippen molar-refractivity contribution in [1.82, 2.24) is 18.7 Å². The highest BCUT2D eigenvalue weighted by Crippen LogP contribution is 2.27. The van der Waals surface area contributed by atoms with Gasteiger partial charge in [-0.05, 0) is 23.3 Å². The van der Waals surface area contributed by atoms with Crippen molar-refractivity contribution < 1.29 is 14.3 Å². The number of methoxy groups -OCH3 is 1. The summed E-state index contributed by atoms with van der Waals surface area (Å²) < 4.78 is 15.1. The molecule has 4 rings (SSSR count). The monoisotopic (exact) mass is 436 g/mol. The van der Waals surface area contributed by atoms with Crippen molar-refractivity contribution in [2.75, 3.05) is 7.11 Å². The summed E-state index contributed by atoms with van der Waals surface area (Å²) in [7, 11) is 4.43.